The minimum Gasteiger partial charge on any atom is -0.319 e. The average molecular weight is 310 g/mol. The van der Waals surface area contributed by atoms with Gasteiger partial charge >= 0.3 is 0 Å². The quantitative estimate of drug-likeness (QED) is 0.884. The van der Waals surface area contributed by atoms with Crippen LogP contribution in [0.25, 0.3) is 5.69 Å². The summed E-state index contributed by atoms with van der Waals surface area (Å²) in [6.45, 7) is 5.10. The van der Waals surface area contributed by atoms with E-state index in [0.29, 0.717) is 0 Å². The Morgan fingerprint density at radius 1 is 1.29 bits per heavy atom. The van der Waals surface area contributed by atoms with Crippen molar-refractivity contribution in [1.82, 2.24) is 15.1 Å². The first-order valence-electron chi connectivity index (χ1n) is 7.32. The van der Waals surface area contributed by atoms with Crippen molar-refractivity contribution in [1.29, 1.82) is 0 Å². The highest BCUT2D eigenvalue weighted by Crippen LogP contribution is 2.23. The third-order valence-electron chi connectivity index (χ3n) is 3.62. The number of benzene rings is 1. The molecule has 0 bridgehead atoms. The maximum Gasteiger partial charge on any atom is 0.143 e. The van der Waals surface area contributed by atoms with Gasteiger partial charge in [-0.15, -0.1) is 0 Å². The first-order valence-corrected chi connectivity index (χ1v) is 7.69. The van der Waals surface area contributed by atoms with E-state index in [9.17, 15) is 4.39 Å². The van der Waals surface area contributed by atoms with Crippen molar-refractivity contribution in [2.24, 2.45) is 0 Å². The van der Waals surface area contributed by atoms with E-state index in [-0.39, 0.29) is 5.02 Å². The molecule has 0 aliphatic heterocycles. The van der Waals surface area contributed by atoms with Crippen LogP contribution in [0.5, 0.6) is 0 Å². The van der Waals surface area contributed by atoms with Crippen molar-refractivity contribution in [3.05, 3.63) is 46.0 Å². The normalized spacial score (nSPS) is 11.1. The lowest BCUT2D eigenvalue weighted by molar-refractivity contribution is 0.625. The molecule has 0 unspecified atom stereocenters. The minimum absolute atomic E-state index is 0.134. The van der Waals surface area contributed by atoms with Crippen LogP contribution in [-0.2, 0) is 19.3 Å². The van der Waals surface area contributed by atoms with E-state index >= 15 is 0 Å². The molecular weight excluding hydrogens is 289 g/mol. The van der Waals surface area contributed by atoms with Crippen molar-refractivity contribution in [3.63, 3.8) is 0 Å². The molecule has 0 saturated carbocycles. The van der Waals surface area contributed by atoms with Gasteiger partial charge < -0.3 is 5.32 Å². The highest BCUT2D eigenvalue weighted by atomic mass is 35.5. The van der Waals surface area contributed by atoms with Gasteiger partial charge in [0.05, 0.1) is 16.4 Å². The summed E-state index contributed by atoms with van der Waals surface area (Å²) in [5.74, 6) is -0.415. The fourth-order valence-electron chi connectivity index (χ4n) is 2.55. The van der Waals surface area contributed by atoms with E-state index in [1.807, 2.05) is 11.7 Å². The summed E-state index contributed by atoms with van der Waals surface area (Å²) >= 11 is 5.76. The first kappa shape index (κ1) is 16.0. The summed E-state index contributed by atoms with van der Waals surface area (Å²) < 4.78 is 15.6. The monoisotopic (exact) mass is 309 g/mol. The molecule has 0 aliphatic carbocycles. The van der Waals surface area contributed by atoms with Crippen LogP contribution >= 0.6 is 11.6 Å². The Labute approximate surface area is 130 Å². The number of hydrogen-bond acceptors (Lipinski definition) is 2. The lowest BCUT2D eigenvalue weighted by atomic mass is 10.1. The Morgan fingerprint density at radius 2 is 2.05 bits per heavy atom. The molecule has 5 heteroatoms. The maximum absolute atomic E-state index is 13.7. The molecule has 1 aromatic heterocycles. The molecule has 2 rings (SSSR count). The van der Waals surface area contributed by atoms with Crippen molar-refractivity contribution in [2.75, 3.05) is 13.6 Å². The van der Waals surface area contributed by atoms with Crippen molar-refractivity contribution < 1.29 is 4.39 Å². The van der Waals surface area contributed by atoms with Crippen LogP contribution in [0, 0.1) is 5.82 Å². The van der Waals surface area contributed by atoms with E-state index in [1.165, 1.54) is 11.6 Å². The molecule has 0 saturated heterocycles. The van der Waals surface area contributed by atoms with Gasteiger partial charge in [-0.1, -0.05) is 25.4 Å². The van der Waals surface area contributed by atoms with E-state index < -0.39 is 5.82 Å². The maximum atomic E-state index is 13.7. The molecule has 2 aromatic rings. The van der Waals surface area contributed by atoms with Gasteiger partial charge in [0.2, 0.25) is 0 Å². The van der Waals surface area contributed by atoms with Crippen LogP contribution in [0.1, 0.15) is 30.8 Å². The van der Waals surface area contributed by atoms with E-state index in [0.717, 1.165) is 42.9 Å². The second kappa shape index (κ2) is 7.05. The van der Waals surface area contributed by atoms with Gasteiger partial charge in [-0.2, -0.15) is 5.10 Å². The summed E-state index contributed by atoms with van der Waals surface area (Å²) in [7, 11) is 1.94. The van der Waals surface area contributed by atoms with E-state index in [1.54, 1.807) is 12.1 Å². The van der Waals surface area contributed by atoms with E-state index in [4.69, 9.17) is 11.6 Å². The fourth-order valence-corrected chi connectivity index (χ4v) is 2.67. The van der Waals surface area contributed by atoms with Gasteiger partial charge in [0, 0.05) is 11.8 Å². The third kappa shape index (κ3) is 3.27. The zero-order valence-electron chi connectivity index (χ0n) is 12.7. The number of hydrogen-bond donors (Lipinski definition) is 1. The van der Waals surface area contributed by atoms with Crippen molar-refractivity contribution in [2.45, 2.75) is 33.1 Å². The van der Waals surface area contributed by atoms with Gasteiger partial charge in [-0.25, -0.2) is 9.07 Å². The molecular formula is C16H21ClFN3. The number of halogens is 2. The molecule has 0 radical (unpaired) electrons. The van der Waals surface area contributed by atoms with Gasteiger partial charge in [0.1, 0.15) is 5.82 Å². The lowest BCUT2D eigenvalue weighted by Crippen LogP contribution is -2.12. The van der Waals surface area contributed by atoms with Crippen LogP contribution < -0.4 is 5.32 Å². The van der Waals surface area contributed by atoms with E-state index in [2.05, 4.69) is 24.3 Å². The summed E-state index contributed by atoms with van der Waals surface area (Å²) in [6, 6.07) is 4.82. The number of aryl methyl sites for hydroxylation is 1. The van der Waals surface area contributed by atoms with Gasteiger partial charge in [-0.05, 0) is 50.6 Å². The molecule has 0 aliphatic rings. The summed E-state index contributed by atoms with van der Waals surface area (Å²) in [6.07, 6.45) is 2.66. The standard InChI is InChI=1S/C16H21ClFN3/c1-4-15-12(8-9-19-3)16(5-2)21(20-15)11-6-7-13(17)14(18)10-11/h6-7,10,19H,4-5,8-9H2,1-3H3. The Hall–Kier alpha value is -1.39. The van der Waals surface area contributed by atoms with Gasteiger partial charge in [0.25, 0.3) is 0 Å². The number of likely N-dealkylation sites (N-methyl/N-ethyl adjacent to an activating group) is 1. The van der Waals surface area contributed by atoms with Crippen molar-refractivity contribution >= 4 is 11.6 Å². The number of aromatic nitrogens is 2. The zero-order chi connectivity index (χ0) is 15.4. The topological polar surface area (TPSA) is 29.9 Å². The van der Waals surface area contributed by atoms with Crippen LogP contribution in [0.2, 0.25) is 5.02 Å². The molecule has 0 atom stereocenters. The summed E-state index contributed by atoms with van der Waals surface area (Å²) in [5.41, 5.74) is 4.21. The fraction of sp³-hybridized carbons (Fsp3) is 0.438. The van der Waals surface area contributed by atoms with Gasteiger partial charge in [-0.3, -0.25) is 0 Å². The lowest BCUT2D eigenvalue weighted by Gasteiger charge is -2.08. The molecule has 1 heterocycles. The zero-order valence-corrected chi connectivity index (χ0v) is 13.5. The van der Waals surface area contributed by atoms with Crippen LogP contribution in [0.3, 0.4) is 0 Å². The Kier molecular flexibility index (Phi) is 5.37. The largest absolute Gasteiger partial charge is 0.319 e. The Morgan fingerprint density at radius 3 is 2.62 bits per heavy atom. The smallest absolute Gasteiger partial charge is 0.143 e. The third-order valence-corrected chi connectivity index (χ3v) is 3.92. The van der Waals surface area contributed by atoms with Crippen LogP contribution in [0.4, 0.5) is 4.39 Å². The summed E-state index contributed by atoms with van der Waals surface area (Å²) in [4.78, 5) is 0. The van der Waals surface area contributed by atoms with Crippen LogP contribution in [-0.4, -0.2) is 23.4 Å². The molecule has 1 N–H and O–H groups in total. The molecule has 114 valence electrons. The summed E-state index contributed by atoms with van der Waals surface area (Å²) in [5, 5.41) is 7.98. The second-order valence-electron chi connectivity index (χ2n) is 4.94. The molecule has 21 heavy (non-hydrogen) atoms. The number of nitrogens with zero attached hydrogens (tertiary/aromatic N) is 2. The second-order valence-corrected chi connectivity index (χ2v) is 5.35. The SMILES string of the molecule is CCc1nn(-c2ccc(Cl)c(F)c2)c(CC)c1CCNC. The van der Waals surface area contributed by atoms with Gasteiger partial charge in [0.15, 0.2) is 0 Å². The molecule has 1 aromatic carbocycles. The molecule has 0 amide bonds. The minimum atomic E-state index is -0.415. The van der Waals surface area contributed by atoms with Crippen LogP contribution in [0.15, 0.2) is 18.2 Å². The first-order chi connectivity index (χ1) is 10.1. The molecule has 3 nitrogen and oxygen atoms in total. The highest BCUT2D eigenvalue weighted by Gasteiger charge is 2.16. The average Bonchev–Trinajstić information content (AvgIpc) is 2.85. The molecule has 0 fully saturated rings. The predicted octanol–water partition coefficient (Wildman–Crippen LogP) is 3.55. The van der Waals surface area contributed by atoms with Crippen molar-refractivity contribution in [3.8, 4) is 5.69 Å². The Bertz CT molecular complexity index is 622. The highest BCUT2D eigenvalue weighted by molar-refractivity contribution is 6.30. The number of nitrogens with one attached hydrogen (secondary N) is 1. The predicted molar refractivity (Wildman–Crippen MR) is 84.9 cm³/mol. The number of rotatable bonds is 6. The molecule has 0 spiro atoms. The Balaban J connectivity index is 2.52.